The molecule has 28 heavy (non-hydrogen) atoms. The fourth-order valence-corrected chi connectivity index (χ4v) is 4.13. The molecule has 0 aliphatic heterocycles. The number of nitrogens with zero attached hydrogens (tertiary/aromatic N) is 2. The summed E-state index contributed by atoms with van der Waals surface area (Å²) in [7, 11) is 0. The highest BCUT2D eigenvalue weighted by molar-refractivity contribution is 6.36. The van der Waals surface area contributed by atoms with Crippen molar-refractivity contribution < 1.29 is 4.79 Å². The van der Waals surface area contributed by atoms with Crippen molar-refractivity contribution in [1.82, 2.24) is 14.9 Å². The van der Waals surface area contributed by atoms with Crippen LogP contribution in [0.2, 0.25) is 10.0 Å². The van der Waals surface area contributed by atoms with Crippen LogP contribution in [-0.4, -0.2) is 21.5 Å². The molecule has 1 amide bonds. The number of rotatable bonds is 7. The van der Waals surface area contributed by atoms with Gasteiger partial charge >= 0.3 is 0 Å². The van der Waals surface area contributed by atoms with E-state index in [0.29, 0.717) is 22.5 Å². The van der Waals surface area contributed by atoms with Gasteiger partial charge in [-0.1, -0.05) is 54.7 Å². The smallest absolute Gasteiger partial charge is 0.243 e. The minimum absolute atomic E-state index is 0.0685. The number of carbonyl (C=O) groups excluding carboxylic acids is 1. The zero-order valence-electron chi connectivity index (χ0n) is 15.8. The Bertz CT molecular complexity index is 990. The minimum atomic E-state index is -0.297. The second kappa shape index (κ2) is 8.14. The third kappa shape index (κ3) is 3.89. The van der Waals surface area contributed by atoms with E-state index in [1.54, 1.807) is 0 Å². The van der Waals surface area contributed by atoms with Crippen LogP contribution < -0.4 is 5.32 Å². The van der Waals surface area contributed by atoms with Gasteiger partial charge < -0.3 is 9.88 Å². The maximum absolute atomic E-state index is 13.1. The van der Waals surface area contributed by atoms with E-state index in [2.05, 4.69) is 16.8 Å². The highest BCUT2D eigenvalue weighted by atomic mass is 35.5. The number of amides is 1. The van der Waals surface area contributed by atoms with Crippen LogP contribution in [0.1, 0.15) is 50.0 Å². The quantitative estimate of drug-likeness (QED) is 0.549. The van der Waals surface area contributed by atoms with Crippen LogP contribution in [0.25, 0.3) is 11.0 Å². The Hall–Kier alpha value is -2.04. The number of nitrogens with one attached hydrogen (secondary N) is 1. The van der Waals surface area contributed by atoms with E-state index in [1.165, 1.54) is 0 Å². The maximum atomic E-state index is 13.1. The second-order valence-corrected chi connectivity index (χ2v) is 8.17. The molecule has 2 aromatic carbocycles. The van der Waals surface area contributed by atoms with Gasteiger partial charge in [-0.2, -0.15) is 0 Å². The van der Waals surface area contributed by atoms with Crippen LogP contribution in [0.3, 0.4) is 0 Å². The van der Waals surface area contributed by atoms with E-state index in [9.17, 15) is 4.79 Å². The van der Waals surface area contributed by atoms with Crippen LogP contribution in [0.4, 0.5) is 0 Å². The number of benzene rings is 2. The first-order valence-corrected chi connectivity index (χ1v) is 10.5. The zero-order valence-corrected chi connectivity index (χ0v) is 17.3. The molecule has 1 unspecified atom stereocenters. The Balaban J connectivity index is 1.80. The SMILES string of the molecule is CCCC(C(=O)NC1CC1)n1c(Cc2c(Cl)cccc2Cl)nc2ccccc21. The highest BCUT2D eigenvalue weighted by Crippen LogP contribution is 2.31. The van der Waals surface area contributed by atoms with Gasteiger partial charge in [0.05, 0.1) is 11.0 Å². The Morgan fingerprint density at radius 2 is 1.89 bits per heavy atom. The van der Waals surface area contributed by atoms with Crippen LogP contribution in [0.5, 0.6) is 0 Å². The number of hydrogen-bond acceptors (Lipinski definition) is 2. The summed E-state index contributed by atoms with van der Waals surface area (Å²) in [6.45, 7) is 2.10. The summed E-state index contributed by atoms with van der Waals surface area (Å²) in [5, 5.41) is 4.39. The summed E-state index contributed by atoms with van der Waals surface area (Å²) in [4.78, 5) is 17.9. The second-order valence-electron chi connectivity index (χ2n) is 7.35. The van der Waals surface area contributed by atoms with Gasteiger partial charge in [0, 0.05) is 22.5 Å². The van der Waals surface area contributed by atoms with Gasteiger partial charge in [-0.3, -0.25) is 4.79 Å². The van der Waals surface area contributed by atoms with Gasteiger partial charge in [-0.25, -0.2) is 4.98 Å². The molecule has 0 saturated heterocycles. The van der Waals surface area contributed by atoms with Gasteiger partial charge in [-0.05, 0) is 49.1 Å². The zero-order chi connectivity index (χ0) is 19.7. The van der Waals surface area contributed by atoms with Crippen LogP contribution >= 0.6 is 23.2 Å². The maximum Gasteiger partial charge on any atom is 0.243 e. The first kappa shape index (κ1) is 19.3. The van der Waals surface area contributed by atoms with Crippen LogP contribution in [0.15, 0.2) is 42.5 Å². The number of halogens is 2. The summed E-state index contributed by atoms with van der Waals surface area (Å²) in [5.74, 6) is 0.875. The molecular formula is C22H23Cl2N3O. The molecule has 4 nitrogen and oxygen atoms in total. The number of hydrogen-bond donors (Lipinski definition) is 1. The molecule has 1 saturated carbocycles. The van der Waals surface area contributed by atoms with E-state index >= 15 is 0 Å². The van der Waals surface area contributed by atoms with Crippen molar-refractivity contribution in [3.05, 3.63) is 63.9 Å². The summed E-state index contributed by atoms with van der Waals surface area (Å²) in [6, 6.07) is 13.5. The molecule has 0 bridgehead atoms. The van der Waals surface area contributed by atoms with Gasteiger partial charge in [0.2, 0.25) is 5.91 Å². The van der Waals surface area contributed by atoms with Crippen LogP contribution in [0, 0.1) is 0 Å². The summed E-state index contributed by atoms with van der Waals surface area (Å²) in [6.07, 6.45) is 4.27. The first-order chi connectivity index (χ1) is 13.6. The van der Waals surface area contributed by atoms with Crippen LogP contribution in [-0.2, 0) is 11.2 Å². The van der Waals surface area contributed by atoms with Crippen molar-refractivity contribution in [2.24, 2.45) is 0 Å². The Labute approximate surface area is 174 Å². The molecule has 3 aromatic rings. The Morgan fingerprint density at radius 1 is 1.18 bits per heavy atom. The average Bonchev–Trinajstić information content (AvgIpc) is 3.41. The molecule has 1 fully saturated rings. The summed E-state index contributed by atoms with van der Waals surface area (Å²) >= 11 is 12.8. The number of carbonyl (C=O) groups is 1. The van der Waals surface area contributed by atoms with E-state index in [0.717, 1.165) is 48.1 Å². The van der Waals surface area contributed by atoms with Gasteiger partial charge in [0.1, 0.15) is 11.9 Å². The van der Waals surface area contributed by atoms with Gasteiger partial charge in [0.25, 0.3) is 0 Å². The fraction of sp³-hybridized carbons (Fsp3) is 0.364. The third-order valence-corrected chi connectivity index (χ3v) is 5.87. The molecule has 1 atom stereocenters. The lowest BCUT2D eigenvalue weighted by Gasteiger charge is -2.21. The highest BCUT2D eigenvalue weighted by Gasteiger charge is 2.30. The van der Waals surface area contributed by atoms with E-state index < -0.39 is 0 Å². The number of imidazole rings is 1. The lowest BCUT2D eigenvalue weighted by molar-refractivity contribution is -0.124. The molecule has 0 radical (unpaired) electrons. The minimum Gasteiger partial charge on any atom is -0.352 e. The Kier molecular flexibility index (Phi) is 5.61. The third-order valence-electron chi connectivity index (χ3n) is 5.17. The molecule has 4 rings (SSSR count). The van der Waals surface area contributed by atoms with Crippen molar-refractivity contribution in [3.63, 3.8) is 0 Å². The lowest BCUT2D eigenvalue weighted by atomic mass is 10.1. The summed E-state index contributed by atoms with van der Waals surface area (Å²) < 4.78 is 2.08. The lowest BCUT2D eigenvalue weighted by Crippen LogP contribution is -2.34. The first-order valence-electron chi connectivity index (χ1n) is 9.77. The van der Waals surface area contributed by atoms with Crippen molar-refractivity contribution in [2.75, 3.05) is 0 Å². The van der Waals surface area contributed by atoms with Gasteiger partial charge in [-0.15, -0.1) is 0 Å². The largest absolute Gasteiger partial charge is 0.352 e. The van der Waals surface area contributed by atoms with E-state index in [1.807, 2.05) is 42.5 Å². The standard InChI is InChI=1S/C22H23Cl2N3O/c1-2-6-20(22(28)25-14-11-12-14)27-19-10-4-3-9-18(19)26-21(27)13-15-16(23)7-5-8-17(15)24/h3-5,7-10,14,20H,2,6,11-13H2,1H3,(H,25,28). The molecule has 1 aliphatic rings. The van der Waals surface area contributed by atoms with E-state index in [4.69, 9.17) is 28.2 Å². The molecule has 0 spiro atoms. The average molecular weight is 416 g/mol. The van der Waals surface area contributed by atoms with Crippen molar-refractivity contribution in [1.29, 1.82) is 0 Å². The predicted octanol–water partition coefficient (Wildman–Crippen LogP) is 5.55. The fourth-order valence-electron chi connectivity index (χ4n) is 3.60. The predicted molar refractivity (Wildman–Crippen MR) is 114 cm³/mol. The van der Waals surface area contributed by atoms with Crippen molar-refractivity contribution in [2.45, 2.75) is 51.1 Å². The van der Waals surface area contributed by atoms with Crippen molar-refractivity contribution >= 4 is 40.1 Å². The van der Waals surface area contributed by atoms with Gasteiger partial charge in [0.15, 0.2) is 0 Å². The number of aromatic nitrogens is 2. The summed E-state index contributed by atoms with van der Waals surface area (Å²) in [5.41, 5.74) is 2.67. The van der Waals surface area contributed by atoms with Crippen molar-refractivity contribution in [3.8, 4) is 0 Å². The molecule has 146 valence electrons. The normalized spacial score (nSPS) is 15.0. The van der Waals surface area contributed by atoms with E-state index in [-0.39, 0.29) is 11.9 Å². The molecule has 1 N–H and O–H groups in total. The molecule has 1 aliphatic carbocycles. The topological polar surface area (TPSA) is 46.9 Å². The number of para-hydroxylation sites is 2. The Morgan fingerprint density at radius 3 is 2.57 bits per heavy atom. The number of fused-ring (bicyclic) bond motifs is 1. The molecule has 6 heteroatoms. The monoisotopic (exact) mass is 415 g/mol. The molecular weight excluding hydrogens is 393 g/mol. The molecule has 1 aromatic heterocycles. The molecule has 1 heterocycles.